The number of alkyl halides is 3. The number of nitrogens with one attached hydrogen (secondary N) is 1. The van der Waals surface area contributed by atoms with Gasteiger partial charge >= 0.3 is 6.18 Å². The molecule has 0 aromatic carbocycles. The van der Waals surface area contributed by atoms with Gasteiger partial charge in [0.1, 0.15) is 18.1 Å². The fourth-order valence-corrected chi connectivity index (χ4v) is 1.98. The van der Waals surface area contributed by atoms with Crippen LogP contribution in [0.3, 0.4) is 0 Å². The van der Waals surface area contributed by atoms with Crippen LogP contribution in [0.2, 0.25) is 0 Å². The maximum absolute atomic E-state index is 12.4. The van der Waals surface area contributed by atoms with Crippen LogP contribution in [0.1, 0.15) is 24.9 Å². The smallest absolute Gasteiger partial charge is 0.378 e. The van der Waals surface area contributed by atoms with Gasteiger partial charge in [0.15, 0.2) is 0 Å². The molecule has 1 N–H and O–H groups in total. The summed E-state index contributed by atoms with van der Waals surface area (Å²) in [5.74, 6) is 0.197. The minimum absolute atomic E-state index is 0.159. The Morgan fingerprint density at radius 3 is 2.53 bits per heavy atom. The normalized spacial score (nSPS) is 11.7. The maximum Gasteiger partial charge on any atom is 0.396 e. The molecule has 0 aliphatic rings. The third-order valence-electron chi connectivity index (χ3n) is 2.15. The first-order chi connectivity index (χ1) is 8.87. The molecule has 0 fully saturated rings. The first-order valence-corrected chi connectivity index (χ1v) is 6.80. The number of anilines is 1. The minimum atomic E-state index is -4.32. The zero-order chi connectivity index (χ0) is 14.5. The van der Waals surface area contributed by atoms with Gasteiger partial charge in [0, 0.05) is 13.7 Å². The van der Waals surface area contributed by atoms with Crippen molar-refractivity contribution in [2.24, 2.45) is 0 Å². The Hall–Kier alpha value is -0.640. The van der Waals surface area contributed by atoms with Crippen LogP contribution in [0.15, 0.2) is 0 Å². The lowest BCUT2D eigenvalue weighted by Gasteiger charge is -2.13. The number of nitrogens with zero attached hydrogens (tertiary/aromatic N) is 2. The van der Waals surface area contributed by atoms with Crippen molar-refractivity contribution in [3.05, 3.63) is 15.1 Å². The van der Waals surface area contributed by atoms with Gasteiger partial charge in [0.2, 0.25) is 0 Å². The molecule has 8 heteroatoms. The minimum Gasteiger partial charge on any atom is -0.378 e. The van der Waals surface area contributed by atoms with Crippen LogP contribution in [-0.2, 0) is 17.8 Å². The molecule has 0 aliphatic heterocycles. The van der Waals surface area contributed by atoms with Gasteiger partial charge in [-0.25, -0.2) is 9.97 Å². The molecule has 0 atom stereocenters. The quantitative estimate of drug-likeness (QED) is 0.760. The van der Waals surface area contributed by atoms with Crippen molar-refractivity contribution in [1.29, 1.82) is 0 Å². The van der Waals surface area contributed by atoms with Gasteiger partial charge in [0.05, 0.1) is 15.9 Å². The molecule has 0 amide bonds. The molecule has 0 bridgehead atoms. The number of rotatable bonds is 6. The Morgan fingerprint density at radius 1 is 1.32 bits per heavy atom. The third kappa shape index (κ3) is 5.47. The summed E-state index contributed by atoms with van der Waals surface area (Å²) >= 11 is 2.01. The average molecular weight is 389 g/mol. The molecule has 0 saturated carbocycles. The lowest BCUT2D eigenvalue weighted by atomic mass is 10.3. The molecule has 0 aliphatic carbocycles. The van der Waals surface area contributed by atoms with Crippen LogP contribution in [0.25, 0.3) is 0 Å². The molecule has 19 heavy (non-hydrogen) atoms. The van der Waals surface area contributed by atoms with Gasteiger partial charge in [-0.1, -0.05) is 6.92 Å². The molecular formula is C11H15F3IN3O. The van der Waals surface area contributed by atoms with Crippen molar-refractivity contribution in [2.75, 3.05) is 19.0 Å². The van der Waals surface area contributed by atoms with Gasteiger partial charge in [-0.15, -0.1) is 0 Å². The highest BCUT2D eigenvalue weighted by atomic mass is 127. The number of hydrogen-bond acceptors (Lipinski definition) is 4. The van der Waals surface area contributed by atoms with E-state index >= 15 is 0 Å². The van der Waals surface area contributed by atoms with Crippen molar-refractivity contribution in [2.45, 2.75) is 32.5 Å². The van der Waals surface area contributed by atoms with E-state index in [0.29, 0.717) is 21.6 Å². The maximum atomic E-state index is 12.4. The van der Waals surface area contributed by atoms with E-state index in [2.05, 4.69) is 15.3 Å². The molecule has 4 nitrogen and oxygen atoms in total. The van der Waals surface area contributed by atoms with E-state index in [1.54, 1.807) is 0 Å². The van der Waals surface area contributed by atoms with Crippen molar-refractivity contribution in [3.8, 4) is 0 Å². The average Bonchev–Trinajstić information content (AvgIpc) is 2.29. The number of halogens is 4. The second-order valence-corrected chi connectivity index (χ2v) is 4.98. The molecule has 0 unspecified atom stereocenters. The summed E-state index contributed by atoms with van der Waals surface area (Å²) in [4.78, 5) is 7.85. The van der Waals surface area contributed by atoms with Crippen LogP contribution in [-0.4, -0.2) is 29.8 Å². The molecule has 0 radical (unpaired) electrons. The summed E-state index contributed by atoms with van der Waals surface area (Å²) in [7, 11) is 1.47. The van der Waals surface area contributed by atoms with E-state index in [1.165, 1.54) is 7.11 Å². The van der Waals surface area contributed by atoms with Gasteiger partial charge < -0.3 is 10.1 Å². The molecule has 0 saturated heterocycles. The predicted octanol–water partition coefficient (Wildman–Crippen LogP) is 3.15. The number of ether oxygens (including phenoxy) is 1. The lowest BCUT2D eigenvalue weighted by Crippen LogP contribution is -2.17. The molecule has 0 spiro atoms. The highest BCUT2D eigenvalue weighted by molar-refractivity contribution is 14.1. The Labute approximate surface area is 123 Å². The molecule has 108 valence electrons. The van der Waals surface area contributed by atoms with E-state index in [-0.39, 0.29) is 12.4 Å². The van der Waals surface area contributed by atoms with E-state index < -0.39 is 12.6 Å². The number of methoxy groups -OCH3 is 1. The van der Waals surface area contributed by atoms with E-state index in [0.717, 1.165) is 6.42 Å². The van der Waals surface area contributed by atoms with E-state index in [4.69, 9.17) is 4.74 Å². The fraction of sp³-hybridized carbons (Fsp3) is 0.636. The van der Waals surface area contributed by atoms with Crippen LogP contribution in [0.5, 0.6) is 0 Å². The second-order valence-electron chi connectivity index (χ2n) is 3.90. The molecule has 1 aromatic heterocycles. The topological polar surface area (TPSA) is 47.0 Å². The van der Waals surface area contributed by atoms with Crippen molar-refractivity contribution < 1.29 is 17.9 Å². The monoisotopic (exact) mass is 389 g/mol. The molecular weight excluding hydrogens is 374 g/mol. The summed E-state index contributed by atoms with van der Waals surface area (Å²) in [5, 5.41) is 3.01. The van der Waals surface area contributed by atoms with Gasteiger partial charge in [-0.2, -0.15) is 13.2 Å². The first-order valence-electron chi connectivity index (χ1n) is 5.72. The Balaban J connectivity index is 3.07. The van der Waals surface area contributed by atoms with Crippen molar-refractivity contribution >= 4 is 28.4 Å². The second kappa shape index (κ2) is 7.22. The zero-order valence-electron chi connectivity index (χ0n) is 10.6. The van der Waals surface area contributed by atoms with Crippen molar-refractivity contribution in [3.63, 3.8) is 0 Å². The number of aromatic nitrogens is 2. The lowest BCUT2D eigenvalue weighted by molar-refractivity contribution is -0.128. The van der Waals surface area contributed by atoms with Crippen LogP contribution in [0, 0.1) is 3.57 Å². The largest absolute Gasteiger partial charge is 0.396 e. The van der Waals surface area contributed by atoms with Crippen LogP contribution >= 0.6 is 22.6 Å². The molecule has 1 rings (SSSR count). The Kier molecular flexibility index (Phi) is 6.24. The highest BCUT2D eigenvalue weighted by Crippen LogP contribution is 2.24. The molecule has 1 heterocycles. The van der Waals surface area contributed by atoms with Gasteiger partial charge in [-0.3, -0.25) is 0 Å². The summed E-state index contributed by atoms with van der Waals surface area (Å²) in [6.45, 7) is 2.77. The summed E-state index contributed by atoms with van der Waals surface area (Å²) in [5.41, 5.74) is 0.468. The van der Waals surface area contributed by atoms with Crippen molar-refractivity contribution in [1.82, 2.24) is 9.97 Å². The third-order valence-corrected chi connectivity index (χ3v) is 3.28. The predicted molar refractivity (Wildman–Crippen MR) is 74.0 cm³/mol. The fourth-order valence-electron chi connectivity index (χ4n) is 1.40. The van der Waals surface area contributed by atoms with Crippen LogP contribution in [0.4, 0.5) is 19.0 Å². The number of hydrogen-bond donors (Lipinski definition) is 1. The Bertz CT molecular complexity index is 426. The Morgan fingerprint density at radius 2 is 2.00 bits per heavy atom. The van der Waals surface area contributed by atoms with Gasteiger partial charge in [0.25, 0.3) is 0 Å². The molecule has 1 aromatic rings. The SMILES string of the molecule is CCCNc1nc(CC(F)(F)F)nc(COC)c1I. The first kappa shape index (κ1) is 16.4. The summed E-state index contributed by atoms with van der Waals surface area (Å²) in [6, 6.07) is 0. The standard InChI is InChI=1S/C11H15F3IN3O/c1-3-4-16-10-9(15)7(6-19-2)17-8(18-10)5-11(12,13)14/h3-6H2,1-2H3,(H,16,17,18). The zero-order valence-corrected chi connectivity index (χ0v) is 12.8. The van der Waals surface area contributed by atoms with Crippen LogP contribution < -0.4 is 5.32 Å². The van der Waals surface area contributed by atoms with E-state index in [1.807, 2.05) is 29.5 Å². The van der Waals surface area contributed by atoms with Gasteiger partial charge in [-0.05, 0) is 29.0 Å². The van der Waals surface area contributed by atoms with E-state index in [9.17, 15) is 13.2 Å². The highest BCUT2D eigenvalue weighted by Gasteiger charge is 2.30. The summed E-state index contributed by atoms with van der Waals surface area (Å²) < 4.78 is 42.9. The summed E-state index contributed by atoms with van der Waals surface area (Å²) in [6.07, 6.45) is -4.60.